The second-order valence-electron chi connectivity index (χ2n) is 4.50. The van der Waals surface area contributed by atoms with Crippen LogP contribution in [0, 0.1) is 17.1 Å². The van der Waals surface area contributed by atoms with Crippen molar-refractivity contribution in [2.24, 2.45) is 0 Å². The van der Waals surface area contributed by atoms with Crippen LogP contribution in [0.15, 0.2) is 54.6 Å². The summed E-state index contributed by atoms with van der Waals surface area (Å²) in [6.07, 6.45) is 0.660. The van der Waals surface area contributed by atoms with Crippen LogP contribution in [0.1, 0.15) is 34.7 Å². The first-order valence-electron chi connectivity index (χ1n) is 6.44. The molecule has 2 nitrogen and oxygen atoms in total. The molecule has 2 rings (SSSR count). The van der Waals surface area contributed by atoms with Gasteiger partial charge in [0.1, 0.15) is 5.82 Å². The van der Waals surface area contributed by atoms with E-state index in [9.17, 15) is 9.18 Å². The molecule has 0 N–H and O–H groups in total. The van der Waals surface area contributed by atoms with E-state index >= 15 is 0 Å². The molecule has 0 aliphatic rings. The standard InChI is InChI=1S/C17H14FNO/c18-16-11-5-4-9-15(16)17(20)14(10-6-12-19)13-7-2-1-3-8-13/h1-5,7-9,11,14H,6,10H2. The van der Waals surface area contributed by atoms with Crippen LogP contribution in [0.3, 0.4) is 0 Å². The molecule has 0 aromatic heterocycles. The lowest BCUT2D eigenvalue weighted by molar-refractivity contribution is 0.0951. The Morgan fingerprint density at radius 1 is 1.10 bits per heavy atom. The number of rotatable bonds is 5. The topological polar surface area (TPSA) is 40.9 Å². The van der Waals surface area contributed by atoms with Crippen LogP contribution >= 0.6 is 0 Å². The van der Waals surface area contributed by atoms with Crippen molar-refractivity contribution in [2.75, 3.05) is 0 Å². The third kappa shape index (κ3) is 3.10. The maximum Gasteiger partial charge on any atom is 0.173 e. The number of Topliss-reactive ketones (excluding diaryl/α,β-unsaturated/α-hetero) is 1. The van der Waals surface area contributed by atoms with Crippen molar-refractivity contribution in [3.8, 4) is 6.07 Å². The van der Waals surface area contributed by atoms with Crippen molar-refractivity contribution in [1.82, 2.24) is 0 Å². The van der Waals surface area contributed by atoms with E-state index in [0.717, 1.165) is 5.56 Å². The average molecular weight is 267 g/mol. The van der Waals surface area contributed by atoms with Crippen LogP contribution in [0.4, 0.5) is 4.39 Å². The number of benzene rings is 2. The first-order chi connectivity index (χ1) is 9.74. The van der Waals surface area contributed by atoms with Crippen molar-refractivity contribution in [2.45, 2.75) is 18.8 Å². The van der Waals surface area contributed by atoms with Gasteiger partial charge in [-0.25, -0.2) is 4.39 Å². The van der Waals surface area contributed by atoms with Gasteiger partial charge in [0.2, 0.25) is 0 Å². The minimum absolute atomic E-state index is 0.0827. The molecule has 2 aromatic rings. The number of carbonyl (C=O) groups excluding carboxylic acids is 1. The van der Waals surface area contributed by atoms with Gasteiger partial charge in [0, 0.05) is 12.3 Å². The summed E-state index contributed by atoms with van der Waals surface area (Å²) in [5, 5.41) is 8.73. The SMILES string of the molecule is N#CCCC(C(=O)c1ccccc1F)c1ccccc1. The van der Waals surface area contributed by atoms with E-state index in [2.05, 4.69) is 0 Å². The fourth-order valence-electron chi connectivity index (χ4n) is 2.19. The first-order valence-corrected chi connectivity index (χ1v) is 6.44. The number of ketones is 1. The van der Waals surface area contributed by atoms with Crippen LogP contribution in [0.25, 0.3) is 0 Å². The number of hydrogen-bond donors (Lipinski definition) is 0. The minimum atomic E-state index is -0.518. The summed E-state index contributed by atoms with van der Waals surface area (Å²) in [6.45, 7) is 0. The van der Waals surface area contributed by atoms with Gasteiger partial charge in [-0.2, -0.15) is 5.26 Å². The van der Waals surface area contributed by atoms with E-state index in [-0.39, 0.29) is 17.8 Å². The molecule has 0 fully saturated rings. The molecule has 0 heterocycles. The van der Waals surface area contributed by atoms with Crippen LogP contribution in [0.2, 0.25) is 0 Å². The fraction of sp³-hybridized carbons (Fsp3) is 0.176. The van der Waals surface area contributed by atoms with Gasteiger partial charge in [0.15, 0.2) is 5.78 Å². The predicted molar refractivity (Wildman–Crippen MR) is 74.8 cm³/mol. The van der Waals surface area contributed by atoms with Gasteiger partial charge in [-0.1, -0.05) is 42.5 Å². The van der Waals surface area contributed by atoms with E-state index in [4.69, 9.17) is 5.26 Å². The Morgan fingerprint density at radius 3 is 2.40 bits per heavy atom. The van der Waals surface area contributed by atoms with Gasteiger partial charge in [0.25, 0.3) is 0 Å². The lowest BCUT2D eigenvalue weighted by Crippen LogP contribution is -2.14. The highest BCUT2D eigenvalue weighted by atomic mass is 19.1. The van der Waals surface area contributed by atoms with Crippen molar-refractivity contribution in [3.63, 3.8) is 0 Å². The molecule has 0 saturated heterocycles. The summed E-state index contributed by atoms with van der Waals surface area (Å²) in [4.78, 5) is 12.5. The summed E-state index contributed by atoms with van der Waals surface area (Å²) < 4.78 is 13.8. The summed E-state index contributed by atoms with van der Waals surface area (Å²) in [7, 11) is 0. The zero-order chi connectivity index (χ0) is 14.4. The van der Waals surface area contributed by atoms with Gasteiger partial charge < -0.3 is 0 Å². The number of halogens is 1. The molecular weight excluding hydrogens is 253 g/mol. The van der Waals surface area contributed by atoms with Crippen LogP contribution < -0.4 is 0 Å². The predicted octanol–water partition coefficient (Wildman–Crippen LogP) is 4.10. The average Bonchev–Trinajstić information content (AvgIpc) is 2.49. The molecule has 0 saturated carbocycles. The van der Waals surface area contributed by atoms with Gasteiger partial charge in [-0.15, -0.1) is 0 Å². The van der Waals surface area contributed by atoms with Gasteiger partial charge in [-0.05, 0) is 24.1 Å². The van der Waals surface area contributed by atoms with Crippen molar-refractivity contribution in [3.05, 3.63) is 71.5 Å². The molecular formula is C17H14FNO. The van der Waals surface area contributed by atoms with Gasteiger partial charge in [-0.3, -0.25) is 4.79 Å². The minimum Gasteiger partial charge on any atom is -0.293 e. The number of hydrogen-bond acceptors (Lipinski definition) is 2. The Morgan fingerprint density at radius 2 is 1.75 bits per heavy atom. The Balaban J connectivity index is 2.35. The fourth-order valence-corrected chi connectivity index (χ4v) is 2.19. The third-order valence-electron chi connectivity index (χ3n) is 3.20. The largest absolute Gasteiger partial charge is 0.293 e. The Kier molecular flexibility index (Phi) is 4.62. The van der Waals surface area contributed by atoms with Gasteiger partial charge >= 0.3 is 0 Å². The zero-order valence-corrected chi connectivity index (χ0v) is 10.9. The Bertz CT molecular complexity index is 631. The highest BCUT2D eigenvalue weighted by Gasteiger charge is 2.23. The van der Waals surface area contributed by atoms with Crippen LogP contribution in [0.5, 0.6) is 0 Å². The first kappa shape index (κ1) is 14.0. The summed E-state index contributed by atoms with van der Waals surface area (Å²) in [5.74, 6) is -1.27. The molecule has 0 spiro atoms. The normalized spacial score (nSPS) is 11.6. The van der Waals surface area contributed by atoms with E-state index in [1.165, 1.54) is 12.1 Å². The molecule has 1 atom stereocenters. The molecule has 0 amide bonds. The highest BCUT2D eigenvalue weighted by molar-refractivity contribution is 6.01. The number of carbonyl (C=O) groups is 1. The molecule has 0 bridgehead atoms. The van der Waals surface area contributed by atoms with Crippen LogP contribution in [-0.2, 0) is 0 Å². The molecule has 1 unspecified atom stereocenters. The van der Waals surface area contributed by atoms with Gasteiger partial charge in [0.05, 0.1) is 11.6 Å². The monoisotopic (exact) mass is 267 g/mol. The van der Waals surface area contributed by atoms with Crippen molar-refractivity contribution >= 4 is 5.78 Å². The Labute approximate surface area is 117 Å². The lowest BCUT2D eigenvalue weighted by atomic mass is 9.87. The second kappa shape index (κ2) is 6.63. The third-order valence-corrected chi connectivity index (χ3v) is 3.20. The molecule has 0 aliphatic heterocycles. The Hall–Kier alpha value is -2.47. The molecule has 100 valence electrons. The van der Waals surface area contributed by atoms with E-state index in [1.54, 1.807) is 12.1 Å². The van der Waals surface area contributed by atoms with E-state index in [1.807, 2.05) is 36.4 Å². The molecule has 0 aliphatic carbocycles. The maximum atomic E-state index is 13.8. The lowest BCUT2D eigenvalue weighted by Gasteiger charge is -2.15. The second-order valence-corrected chi connectivity index (χ2v) is 4.50. The maximum absolute atomic E-state index is 13.8. The molecule has 20 heavy (non-hydrogen) atoms. The number of nitrogens with zero attached hydrogens (tertiary/aromatic N) is 1. The van der Waals surface area contributed by atoms with Crippen molar-refractivity contribution in [1.29, 1.82) is 5.26 Å². The quantitative estimate of drug-likeness (QED) is 0.765. The van der Waals surface area contributed by atoms with Crippen LogP contribution in [-0.4, -0.2) is 5.78 Å². The molecule has 0 radical (unpaired) electrons. The smallest absolute Gasteiger partial charge is 0.173 e. The summed E-state index contributed by atoms with van der Waals surface area (Å²) in [6, 6.07) is 17.2. The zero-order valence-electron chi connectivity index (χ0n) is 10.9. The highest BCUT2D eigenvalue weighted by Crippen LogP contribution is 2.26. The van der Waals surface area contributed by atoms with E-state index < -0.39 is 11.7 Å². The number of nitriles is 1. The summed E-state index contributed by atoms with van der Waals surface area (Å²) in [5.41, 5.74) is 0.898. The molecule has 3 heteroatoms. The van der Waals surface area contributed by atoms with Crippen molar-refractivity contribution < 1.29 is 9.18 Å². The van der Waals surface area contributed by atoms with E-state index in [0.29, 0.717) is 6.42 Å². The summed E-state index contributed by atoms with van der Waals surface area (Å²) >= 11 is 0. The molecule has 2 aromatic carbocycles.